The summed E-state index contributed by atoms with van der Waals surface area (Å²) >= 11 is 0. The topological polar surface area (TPSA) is 125 Å². The molecule has 0 aromatic heterocycles. The summed E-state index contributed by atoms with van der Waals surface area (Å²) in [6, 6.07) is 18.4. The predicted molar refractivity (Wildman–Crippen MR) is 179 cm³/mol. The van der Waals surface area contributed by atoms with Gasteiger partial charge in [0.2, 0.25) is 5.75 Å². The lowest BCUT2D eigenvalue weighted by atomic mass is 10.0. The van der Waals surface area contributed by atoms with E-state index < -0.39 is 16.9 Å². The van der Waals surface area contributed by atoms with Crippen LogP contribution < -0.4 is 14.2 Å². The van der Waals surface area contributed by atoms with E-state index in [0.29, 0.717) is 30.9 Å². The van der Waals surface area contributed by atoms with Crippen molar-refractivity contribution < 1.29 is 33.8 Å². The van der Waals surface area contributed by atoms with Gasteiger partial charge in [-0.05, 0) is 79.3 Å². The number of carboxylic acid groups (broad SMARTS) is 1. The molecule has 0 aliphatic heterocycles. The first-order valence-corrected chi connectivity index (χ1v) is 16.2. The number of nitrogens with zero attached hydrogens (tertiary/aromatic N) is 1. The second kappa shape index (κ2) is 19.7. The fraction of sp³-hybridized carbons (Fsp3) is 0.405. The molecule has 0 unspecified atom stereocenters. The van der Waals surface area contributed by atoms with Crippen LogP contribution in [-0.2, 0) is 4.79 Å². The number of carboxylic acids is 1. The van der Waals surface area contributed by atoms with Gasteiger partial charge in [-0.15, -0.1) is 0 Å². The monoisotopic (exact) mass is 631 g/mol. The van der Waals surface area contributed by atoms with Crippen LogP contribution >= 0.6 is 0 Å². The van der Waals surface area contributed by atoms with Gasteiger partial charge in [-0.2, -0.15) is 0 Å². The normalized spacial score (nSPS) is 10.7. The van der Waals surface area contributed by atoms with Gasteiger partial charge in [-0.25, -0.2) is 9.59 Å². The molecule has 0 saturated carbocycles. The number of hydrogen-bond acceptors (Lipinski definition) is 7. The third-order valence-corrected chi connectivity index (χ3v) is 7.60. The molecule has 0 bridgehead atoms. The van der Waals surface area contributed by atoms with E-state index in [4.69, 9.17) is 19.3 Å². The third-order valence-electron chi connectivity index (χ3n) is 7.60. The van der Waals surface area contributed by atoms with Crippen LogP contribution in [0.5, 0.6) is 17.2 Å². The van der Waals surface area contributed by atoms with Gasteiger partial charge in [0.1, 0.15) is 11.5 Å². The summed E-state index contributed by atoms with van der Waals surface area (Å²) in [5.41, 5.74) is 1.65. The number of nitro benzene ring substituents is 1. The summed E-state index contributed by atoms with van der Waals surface area (Å²) in [4.78, 5) is 34.8. The second-order valence-corrected chi connectivity index (χ2v) is 11.3. The Morgan fingerprint density at radius 2 is 1.26 bits per heavy atom. The number of hydrogen-bond donors (Lipinski definition) is 1. The second-order valence-electron chi connectivity index (χ2n) is 11.3. The zero-order valence-electron chi connectivity index (χ0n) is 26.7. The van der Waals surface area contributed by atoms with Crippen molar-refractivity contribution >= 4 is 17.6 Å². The summed E-state index contributed by atoms with van der Waals surface area (Å²) in [6.45, 7) is 6.90. The van der Waals surface area contributed by atoms with E-state index in [0.717, 1.165) is 81.9 Å². The van der Waals surface area contributed by atoms with Crippen LogP contribution in [0.25, 0.3) is 11.1 Å². The molecule has 3 rings (SSSR count). The van der Waals surface area contributed by atoms with E-state index in [1.54, 1.807) is 30.3 Å². The predicted octanol–water partition coefficient (Wildman–Crippen LogP) is 9.58. The molecule has 0 aliphatic rings. The first-order valence-electron chi connectivity index (χ1n) is 16.2. The van der Waals surface area contributed by atoms with Crippen molar-refractivity contribution in [3.05, 3.63) is 94.6 Å². The van der Waals surface area contributed by atoms with E-state index in [9.17, 15) is 19.7 Å². The zero-order chi connectivity index (χ0) is 33.1. The van der Waals surface area contributed by atoms with E-state index in [2.05, 4.69) is 13.5 Å². The molecule has 9 nitrogen and oxygen atoms in total. The number of carbonyl (C=O) groups is 2. The van der Waals surface area contributed by atoms with Crippen molar-refractivity contribution in [3.63, 3.8) is 0 Å². The number of ether oxygens (including phenoxy) is 3. The number of nitro groups is 1. The molecule has 0 fully saturated rings. The number of aliphatic carboxylic acids is 1. The number of carbonyl (C=O) groups excluding carboxylic acids is 1. The number of esters is 1. The summed E-state index contributed by atoms with van der Waals surface area (Å²) in [6.07, 6.45) is 12.1. The molecule has 46 heavy (non-hydrogen) atoms. The lowest BCUT2D eigenvalue weighted by Crippen LogP contribution is -2.10. The maximum atomic E-state index is 12.8. The molecule has 0 heterocycles. The van der Waals surface area contributed by atoms with Crippen molar-refractivity contribution in [2.45, 2.75) is 84.0 Å². The smallest absolute Gasteiger partial charge is 0.343 e. The zero-order valence-corrected chi connectivity index (χ0v) is 26.7. The minimum Gasteiger partial charge on any atom is -0.494 e. The lowest BCUT2D eigenvalue weighted by molar-refractivity contribution is -0.385. The molecule has 9 heteroatoms. The van der Waals surface area contributed by atoms with Crippen LogP contribution in [0.15, 0.2) is 78.9 Å². The van der Waals surface area contributed by atoms with E-state index >= 15 is 0 Å². The Morgan fingerprint density at radius 3 is 1.83 bits per heavy atom. The number of unbranched alkanes of at least 4 members (excludes halogenated alkanes) is 9. The highest BCUT2D eigenvalue weighted by atomic mass is 16.6. The lowest BCUT2D eigenvalue weighted by Gasteiger charge is -2.10. The molecule has 1 N–H and O–H groups in total. The van der Waals surface area contributed by atoms with Crippen molar-refractivity contribution in [1.29, 1.82) is 0 Å². The standard InChI is InChI=1S/C37H45NO8/c1-3-4-12-25-44-32-20-15-29(16-21-32)31-19-24-35(34(27-31)38(42)43)46-37(41)30-17-22-33(23-18-30)45-26-13-10-8-6-5-7-9-11-14-28(2)36(39)40/h15-24,27H,2-14,25-26H2,1H3,(H,39,40). The van der Waals surface area contributed by atoms with E-state index in [1.165, 1.54) is 12.1 Å². The van der Waals surface area contributed by atoms with E-state index in [-0.39, 0.29) is 22.6 Å². The average Bonchev–Trinajstić information content (AvgIpc) is 3.06. The minimum atomic E-state index is -0.909. The van der Waals surface area contributed by atoms with Crippen LogP contribution in [-0.4, -0.2) is 35.2 Å². The fourth-order valence-electron chi connectivity index (χ4n) is 4.86. The van der Waals surface area contributed by atoms with E-state index in [1.807, 2.05) is 24.3 Å². The molecular weight excluding hydrogens is 586 g/mol. The summed E-state index contributed by atoms with van der Waals surface area (Å²) in [7, 11) is 0. The quantitative estimate of drug-likeness (QED) is 0.0290. The minimum absolute atomic E-state index is 0.126. The SMILES string of the molecule is C=C(CCCCCCCCCCOc1ccc(C(=O)Oc2ccc(-c3ccc(OCCCCC)cc3)cc2[N+](=O)[O-])cc1)C(=O)O. The largest absolute Gasteiger partial charge is 0.494 e. The number of benzene rings is 3. The Hall–Kier alpha value is -4.66. The Morgan fingerprint density at radius 1 is 0.739 bits per heavy atom. The van der Waals surface area contributed by atoms with Crippen LogP contribution in [0, 0.1) is 10.1 Å². The molecule has 0 amide bonds. The Balaban J connectivity index is 1.41. The van der Waals surface area contributed by atoms with Gasteiger partial charge in [-0.3, -0.25) is 10.1 Å². The Kier molecular flexibility index (Phi) is 15.3. The van der Waals surface area contributed by atoms with Crippen molar-refractivity contribution in [2.24, 2.45) is 0 Å². The molecule has 246 valence electrons. The Bertz CT molecular complexity index is 1420. The van der Waals surface area contributed by atoms with Gasteiger partial charge in [0.25, 0.3) is 0 Å². The average molecular weight is 632 g/mol. The third kappa shape index (κ3) is 12.4. The molecule has 3 aromatic carbocycles. The van der Waals surface area contributed by atoms with Crippen molar-refractivity contribution in [2.75, 3.05) is 13.2 Å². The molecular formula is C37H45NO8. The maximum absolute atomic E-state index is 12.8. The van der Waals surface area contributed by atoms with Gasteiger partial charge in [0, 0.05) is 11.6 Å². The highest BCUT2D eigenvalue weighted by Gasteiger charge is 2.20. The van der Waals surface area contributed by atoms with Gasteiger partial charge < -0.3 is 19.3 Å². The summed E-state index contributed by atoms with van der Waals surface area (Å²) in [5, 5.41) is 20.6. The van der Waals surface area contributed by atoms with Crippen LogP contribution in [0.4, 0.5) is 5.69 Å². The van der Waals surface area contributed by atoms with Gasteiger partial charge in [0.05, 0.1) is 23.7 Å². The highest BCUT2D eigenvalue weighted by molar-refractivity contribution is 5.92. The molecule has 3 aromatic rings. The van der Waals surface area contributed by atoms with Crippen LogP contribution in [0.1, 0.15) is 94.3 Å². The van der Waals surface area contributed by atoms with Gasteiger partial charge >= 0.3 is 17.6 Å². The van der Waals surface area contributed by atoms with Gasteiger partial charge in [0.15, 0.2) is 0 Å². The molecule has 0 saturated heterocycles. The Labute approximate surface area is 271 Å². The maximum Gasteiger partial charge on any atom is 0.343 e. The first-order chi connectivity index (χ1) is 22.3. The number of rotatable bonds is 22. The van der Waals surface area contributed by atoms with Crippen molar-refractivity contribution in [1.82, 2.24) is 0 Å². The first kappa shape index (κ1) is 35.8. The van der Waals surface area contributed by atoms with Gasteiger partial charge in [-0.1, -0.05) is 83.1 Å². The summed E-state index contributed by atoms with van der Waals surface area (Å²) < 4.78 is 17.0. The molecule has 0 atom stereocenters. The van der Waals surface area contributed by atoms with Crippen LogP contribution in [0.3, 0.4) is 0 Å². The van der Waals surface area contributed by atoms with Crippen LogP contribution in [0.2, 0.25) is 0 Å². The molecule has 0 radical (unpaired) electrons. The molecule has 0 spiro atoms. The fourth-order valence-corrected chi connectivity index (χ4v) is 4.86. The highest BCUT2D eigenvalue weighted by Crippen LogP contribution is 2.33. The molecule has 0 aliphatic carbocycles. The summed E-state index contributed by atoms with van der Waals surface area (Å²) in [5.74, 6) is -0.353. The van der Waals surface area contributed by atoms with Crippen molar-refractivity contribution in [3.8, 4) is 28.4 Å².